The van der Waals surface area contributed by atoms with Crippen LogP contribution in [0.25, 0.3) is 22.3 Å². The van der Waals surface area contributed by atoms with Crippen LogP contribution in [0.15, 0.2) is 42.6 Å². The lowest BCUT2D eigenvalue weighted by Gasteiger charge is -2.16. The normalized spacial score (nSPS) is 13.1. The minimum Gasteiger partial charge on any atom is -0.493 e. The number of Topliss-reactive ketones (excluding diaryl/α,β-unsaturated/α-hetero) is 1. The minimum absolute atomic E-state index is 0.101. The Morgan fingerprint density at radius 1 is 1.18 bits per heavy atom. The predicted molar refractivity (Wildman–Crippen MR) is 129 cm³/mol. The number of carbonyl (C=O) groups excluding carboxylic acids is 1. The lowest BCUT2D eigenvalue weighted by molar-refractivity contribution is 0.0973. The molecule has 168 valence electrons. The van der Waals surface area contributed by atoms with Gasteiger partial charge >= 0.3 is 0 Å². The number of nitrogens with zero attached hydrogens (tertiary/aromatic N) is 2. The zero-order chi connectivity index (χ0) is 22.9. The zero-order valence-corrected chi connectivity index (χ0v) is 19.1. The molecule has 0 spiro atoms. The molecule has 1 aliphatic carbocycles. The zero-order valence-electron chi connectivity index (χ0n) is 18.4. The first kappa shape index (κ1) is 21.3. The molecule has 0 unspecified atom stereocenters. The number of methoxy groups -OCH3 is 1. The number of benzene rings is 1. The summed E-state index contributed by atoms with van der Waals surface area (Å²) in [6.45, 7) is 2.43. The van der Waals surface area contributed by atoms with Gasteiger partial charge in [-0.1, -0.05) is 17.7 Å². The van der Waals surface area contributed by atoms with Crippen molar-refractivity contribution in [3.63, 3.8) is 0 Å². The molecule has 0 amide bonds. The number of aryl methyl sites for hydroxylation is 1. The van der Waals surface area contributed by atoms with Crippen molar-refractivity contribution in [2.24, 2.45) is 0 Å². The van der Waals surface area contributed by atoms with Crippen LogP contribution >= 0.6 is 11.6 Å². The number of para-hydroxylation sites is 1. The number of carbonyl (C=O) groups is 1. The second kappa shape index (κ2) is 8.75. The van der Waals surface area contributed by atoms with Gasteiger partial charge in [0.1, 0.15) is 5.52 Å². The Labute approximate surface area is 196 Å². The quantitative estimate of drug-likeness (QED) is 0.368. The number of H-pyrrole nitrogens is 1. The summed E-state index contributed by atoms with van der Waals surface area (Å²) >= 11 is 6.35. The second-order valence-electron chi connectivity index (χ2n) is 7.76. The molecule has 8 heteroatoms. The van der Waals surface area contributed by atoms with E-state index in [9.17, 15) is 4.79 Å². The fourth-order valence-electron chi connectivity index (χ4n) is 4.31. The maximum atomic E-state index is 13.0. The maximum absolute atomic E-state index is 13.0. The molecule has 1 aliphatic rings. The molecule has 7 nitrogen and oxygen atoms in total. The Morgan fingerprint density at radius 3 is 2.88 bits per heavy atom. The number of halogens is 1. The first-order valence-electron chi connectivity index (χ1n) is 10.9. The monoisotopic (exact) mass is 462 g/mol. The van der Waals surface area contributed by atoms with Gasteiger partial charge in [-0.15, -0.1) is 0 Å². The summed E-state index contributed by atoms with van der Waals surface area (Å²) in [5.41, 5.74) is 5.97. The summed E-state index contributed by atoms with van der Waals surface area (Å²) in [6, 6.07) is 11.1. The summed E-state index contributed by atoms with van der Waals surface area (Å²) in [4.78, 5) is 25.7. The van der Waals surface area contributed by atoms with E-state index in [0.717, 1.165) is 35.3 Å². The van der Waals surface area contributed by atoms with E-state index in [1.807, 2.05) is 37.3 Å². The van der Waals surface area contributed by atoms with Crippen LogP contribution in [0.2, 0.25) is 5.02 Å². The lowest BCUT2D eigenvalue weighted by atomic mass is 9.94. The molecular formula is C25H23ClN4O3. The molecule has 0 saturated heterocycles. The topological polar surface area (TPSA) is 89.1 Å². The van der Waals surface area contributed by atoms with Gasteiger partial charge in [-0.05, 0) is 44.0 Å². The van der Waals surface area contributed by atoms with Crippen molar-refractivity contribution in [1.29, 1.82) is 0 Å². The van der Waals surface area contributed by atoms with E-state index in [0.29, 0.717) is 52.1 Å². The van der Waals surface area contributed by atoms with Gasteiger partial charge in [-0.3, -0.25) is 9.78 Å². The molecule has 3 heterocycles. The van der Waals surface area contributed by atoms with Crippen LogP contribution in [0, 0.1) is 0 Å². The highest BCUT2D eigenvalue weighted by molar-refractivity contribution is 6.32. The number of hydrogen-bond donors (Lipinski definition) is 2. The third-order valence-corrected chi connectivity index (χ3v) is 6.04. The van der Waals surface area contributed by atoms with Gasteiger partial charge in [0, 0.05) is 29.9 Å². The first-order valence-corrected chi connectivity index (χ1v) is 11.2. The number of ketones is 1. The number of anilines is 2. The molecule has 3 aromatic heterocycles. The summed E-state index contributed by atoms with van der Waals surface area (Å²) in [5.74, 6) is 1.14. The van der Waals surface area contributed by atoms with Crippen molar-refractivity contribution < 1.29 is 14.3 Å². The molecule has 33 heavy (non-hydrogen) atoms. The Kier molecular flexibility index (Phi) is 5.64. The van der Waals surface area contributed by atoms with E-state index < -0.39 is 0 Å². The third kappa shape index (κ3) is 3.78. The Hall–Kier alpha value is -3.58. The van der Waals surface area contributed by atoms with Crippen LogP contribution in [0.1, 0.15) is 35.8 Å². The van der Waals surface area contributed by atoms with Gasteiger partial charge < -0.3 is 19.8 Å². The molecule has 1 aromatic carbocycles. The number of nitrogens with one attached hydrogen (secondary N) is 2. The molecule has 0 bridgehead atoms. The summed E-state index contributed by atoms with van der Waals surface area (Å²) in [6.07, 6.45) is 3.86. The van der Waals surface area contributed by atoms with Crippen LogP contribution in [-0.4, -0.2) is 34.5 Å². The molecule has 0 saturated carbocycles. The lowest BCUT2D eigenvalue weighted by Crippen LogP contribution is -2.11. The number of fused-ring (bicyclic) bond motifs is 2. The first-order chi connectivity index (χ1) is 16.1. The van der Waals surface area contributed by atoms with E-state index in [1.165, 1.54) is 0 Å². The fraction of sp³-hybridized carbons (Fsp3) is 0.240. The summed E-state index contributed by atoms with van der Waals surface area (Å²) in [5, 5.41) is 3.92. The van der Waals surface area contributed by atoms with E-state index in [1.54, 1.807) is 19.4 Å². The number of ether oxygens (including phenoxy) is 2. The molecule has 4 aromatic rings. The highest BCUT2D eigenvalue weighted by Crippen LogP contribution is 2.43. The van der Waals surface area contributed by atoms with Gasteiger partial charge in [0.2, 0.25) is 5.88 Å². The van der Waals surface area contributed by atoms with Crippen molar-refractivity contribution in [2.75, 3.05) is 19.0 Å². The maximum Gasteiger partial charge on any atom is 0.213 e. The SMILES string of the molecule is CCOc1ccc2nccc(-c3[nH]c4c(c3Nc3cccc(Cl)c3OC)C(=O)CCC4)c2n1. The molecule has 5 rings (SSSR count). The molecule has 0 radical (unpaired) electrons. The molecular weight excluding hydrogens is 440 g/mol. The predicted octanol–water partition coefficient (Wildman–Crippen LogP) is 5.95. The van der Waals surface area contributed by atoms with Crippen LogP contribution in [-0.2, 0) is 6.42 Å². The highest BCUT2D eigenvalue weighted by atomic mass is 35.5. The Bertz CT molecular complexity index is 1370. The van der Waals surface area contributed by atoms with Crippen molar-refractivity contribution in [3.8, 4) is 22.9 Å². The molecule has 2 N–H and O–H groups in total. The van der Waals surface area contributed by atoms with E-state index in [2.05, 4.69) is 15.3 Å². The number of rotatable bonds is 6. The van der Waals surface area contributed by atoms with Crippen molar-refractivity contribution in [1.82, 2.24) is 15.0 Å². The van der Waals surface area contributed by atoms with E-state index >= 15 is 0 Å². The Morgan fingerprint density at radius 2 is 2.06 bits per heavy atom. The van der Waals surface area contributed by atoms with Crippen LogP contribution < -0.4 is 14.8 Å². The number of pyridine rings is 2. The highest BCUT2D eigenvalue weighted by Gasteiger charge is 2.28. The van der Waals surface area contributed by atoms with Crippen LogP contribution in [0.3, 0.4) is 0 Å². The number of aromatic nitrogens is 3. The smallest absolute Gasteiger partial charge is 0.213 e. The summed E-state index contributed by atoms with van der Waals surface area (Å²) in [7, 11) is 1.57. The average molecular weight is 463 g/mol. The van der Waals surface area contributed by atoms with Crippen LogP contribution in [0.4, 0.5) is 11.4 Å². The van der Waals surface area contributed by atoms with Gasteiger partial charge in [-0.25, -0.2) is 4.98 Å². The largest absolute Gasteiger partial charge is 0.493 e. The van der Waals surface area contributed by atoms with Gasteiger partial charge in [-0.2, -0.15) is 0 Å². The van der Waals surface area contributed by atoms with Gasteiger partial charge in [0.15, 0.2) is 11.5 Å². The van der Waals surface area contributed by atoms with Crippen molar-refractivity contribution in [3.05, 3.63) is 58.9 Å². The number of aromatic amines is 1. The molecule has 0 aliphatic heterocycles. The number of hydrogen-bond acceptors (Lipinski definition) is 6. The Balaban J connectivity index is 1.74. The summed E-state index contributed by atoms with van der Waals surface area (Å²) < 4.78 is 11.1. The molecule has 0 fully saturated rings. The van der Waals surface area contributed by atoms with Crippen molar-refractivity contribution >= 4 is 39.8 Å². The fourth-order valence-corrected chi connectivity index (χ4v) is 4.56. The van der Waals surface area contributed by atoms with E-state index in [4.69, 9.17) is 26.1 Å². The minimum atomic E-state index is 0.101. The van der Waals surface area contributed by atoms with Crippen molar-refractivity contribution in [2.45, 2.75) is 26.2 Å². The standard InChI is InChI=1S/C25H23ClN4O3/c1-3-33-20-11-10-17-22(30-20)14(12-13-27-17)23-24(21-16(28-23)7-5-9-19(21)31)29-18-8-4-6-15(26)25(18)32-2/h4,6,8,10-13,28-29H,3,5,7,9H2,1-2H3. The van der Waals surface area contributed by atoms with Gasteiger partial charge in [0.05, 0.1) is 46.9 Å². The third-order valence-electron chi connectivity index (χ3n) is 5.74. The second-order valence-corrected chi connectivity index (χ2v) is 8.17. The van der Waals surface area contributed by atoms with Gasteiger partial charge in [0.25, 0.3) is 0 Å². The van der Waals surface area contributed by atoms with E-state index in [-0.39, 0.29) is 5.78 Å². The average Bonchev–Trinajstić information content (AvgIpc) is 3.18. The molecule has 0 atom stereocenters. The van der Waals surface area contributed by atoms with Crippen LogP contribution in [0.5, 0.6) is 11.6 Å².